The minimum atomic E-state index is -0.513. The molecule has 0 aliphatic heterocycles. The summed E-state index contributed by atoms with van der Waals surface area (Å²) in [6.07, 6.45) is 1.80. The summed E-state index contributed by atoms with van der Waals surface area (Å²) in [6, 6.07) is 16.1. The van der Waals surface area contributed by atoms with Crippen molar-refractivity contribution in [3.63, 3.8) is 0 Å². The maximum Gasteiger partial charge on any atom is 0.173 e. The number of hydrogen-bond donors (Lipinski definition) is 1. The second-order valence-corrected chi connectivity index (χ2v) is 10.1. The Morgan fingerprint density at radius 1 is 0.912 bits per heavy atom. The van der Waals surface area contributed by atoms with Gasteiger partial charge < -0.3 is 5.11 Å². The van der Waals surface area contributed by atoms with E-state index in [-0.39, 0.29) is 12.4 Å². The van der Waals surface area contributed by atoms with Crippen LogP contribution in [-0.4, -0.2) is 14.7 Å². The van der Waals surface area contributed by atoms with Crippen molar-refractivity contribution >= 4 is 35.0 Å². The molecule has 4 rings (SSSR count). The summed E-state index contributed by atoms with van der Waals surface area (Å²) >= 11 is 13.9. The summed E-state index contributed by atoms with van der Waals surface area (Å²) in [6.45, 7) is 3.86. The van der Waals surface area contributed by atoms with Crippen LogP contribution in [0.1, 0.15) is 36.2 Å². The fraction of sp³-hybridized carbons (Fsp3) is 0.192. The average Bonchev–Trinajstić information content (AvgIpc) is 3.25. The second-order valence-electron chi connectivity index (χ2n) is 8.35. The first-order chi connectivity index (χ1) is 16.2. The van der Waals surface area contributed by atoms with Crippen LogP contribution < -0.4 is 0 Å². The van der Waals surface area contributed by atoms with Gasteiger partial charge in [-0.15, -0.1) is 0 Å². The molecule has 0 fully saturated rings. The van der Waals surface area contributed by atoms with Crippen molar-refractivity contribution < 1.29 is 13.9 Å². The van der Waals surface area contributed by atoms with E-state index in [2.05, 4.69) is 18.8 Å². The molecule has 4 aromatic rings. The van der Waals surface area contributed by atoms with Crippen LogP contribution in [0.25, 0.3) is 5.69 Å². The lowest BCUT2D eigenvalue weighted by Crippen LogP contribution is -2.23. The highest BCUT2D eigenvalue weighted by molar-refractivity contribution is 7.98. The predicted molar refractivity (Wildman–Crippen MR) is 134 cm³/mol. The van der Waals surface area contributed by atoms with E-state index in [0.717, 1.165) is 22.5 Å². The van der Waals surface area contributed by atoms with Crippen LogP contribution in [0.3, 0.4) is 0 Å². The van der Waals surface area contributed by atoms with Gasteiger partial charge >= 0.3 is 0 Å². The summed E-state index contributed by atoms with van der Waals surface area (Å²) in [4.78, 5) is 4.67. The normalized spacial score (nSPS) is 11.7. The molecule has 0 amide bonds. The van der Waals surface area contributed by atoms with Crippen molar-refractivity contribution in [3.8, 4) is 5.69 Å². The van der Waals surface area contributed by atoms with Gasteiger partial charge in [0.2, 0.25) is 0 Å². The highest BCUT2D eigenvalue weighted by Gasteiger charge is 2.30. The van der Waals surface area contributed by atoms with Crippen molar-refractivity contribution in [1.29, 1.82) is 0 Å². The maximum absolute atomic E-state index is 13.7. The molecule has 8 heteroatoms. The molecule has 34 heavy (non-hydrogen) atoms. The van der Waals surface area contributed by atoms with E-state index < -0.39 is 11.2 Å². The Morgan fingerprint density at radius 3 is 2.29 bits per heavy atom. The van der Waals surface area contributed by atoms with E-state index in [0.29, 0.717) is 26.5 Å². The van der Waals surface area contributed by atoms with Crippen molar-refractivity contribution in [1.82, 2.24) is 9.55 Å². The monoisotopic (exact) mass is 518 g/mol. The van der Waals surface area contributed by atoms with Gasteiger partial charge in [-0.25, -0.2) is 13.8 Å². The van der Waals surface area contributed by atoms with Crippen LogP contribution in [0, 0.1) is 11.6 Å². The molecule has 0 radical (unpaired) electrons. The molecule has 0 saturated carbocycles. The van der Waals surface area contributed by atoms with E-state index in [4.69, 9.17) is 23.2 Å². The Hall–Kier alpha value is -2.38. The number of rotatable bonds is 7. The molecule has 3 aromatic carbocycles. The van der Waals surface area contributed by atoms with Gasteiger partial charge in [0.15, 0.2) is 5.16 Å². The summed E-state index contributed by atoms with van der Waals surface area (Å²) in [5, 5.41) is 11.2. The molecule has 0 aliphatic carbocycles. The molecule has 0 bridgehead atoms. The number of hydrogen-bond acceptors (Lipinski definition) is 3. The molecule has 0 unspecified atom stereocenters. The lowest BCUT2D eigenvalue weighted by Gasteiger charge is -2.28. The lowest BCUT2D eigenvalue weighted by atomic mass is 9.81. The van der Waals surface area contributed by atoms with E-state index in [1.165, 1.54) is 36.0 Å². The van der Waals surface area contributed by atoms with E-state index in [1.807, 2.05) is 16.7 Å². The third-order valence-electron chi connectivity index (χ3n) is 5.79. The van der Waals surface area contributed by atoms with Crippen LogP contribution in [0.2, 0.25) is 10.0 Å². The molecular weight excluding hydrogens is 497 g/mol. The third-order valence-corrected chi connectivity index (χ3v) is 7.53. The minimum absolute atomic E-state index is 0.254. The largest absolute Gasteiger partial charge is 0.392 e. The highest BCUT2D eigenvalue weighted by atomic mass is 35.5. The van der Waals surface area contributed by atoms with Gasteiger partial charge in [0, 0.05) is 16.9 Å². The SMILES string of the molecule is CC(C)(c1ccc(Cl)c(Cl)c1)c1cnc(SCc2ccc(F)cc2CO)n1-c1ccc(F)cc1. The summed E-state index contributed by atoms with van der Waals surface area (Å²) < 4.78 is 29.2. The first-order valence-electron chi connectivity index (χ1n) is 10.5. The van der Waals surface area contributed by atoms with Crippen LogP contribution in [0.5, 0.6) is 0 Å². The quantitative estimate of drug-likeness (QED) is 0.256. The second kappa shape index (κ2) is 10.1. The number of thioether (sulfide) groups is 1. The van der Waals surface area contributed by atoms with Crippen molar-refractivity contribution in [2.24, 2.45) is 0 Å². The number of imidazole rings is 1. The van der Waals surface area contributed by atoms with E-state index in [9.17, 15) is 13.9 Å². The lowest BCUT2D eigenvalue weighted by molar-refractivity contribution is 0.280. The average molecular weight is 519 g/mol. The summed E-state index contributed by atoms with van der Waals surface area (Å²) in [7, 11) is 0. The minimum Gasteiger partial charge on any atom is -0.392 e. The van der Waals surface area contributed by atoms with Gasteiger partial charge in [0.1, 0.15) is 11.6 Å². The maximum atomic E-state index is 13.7. The van der Waals surface area contributed by atoms with Gasteiger partial charge in [-0.1, -0.05) is 60.9 Å². The van der Waals surface area contributed by atoms with Crippen LogP contribution in [0.15, 0.2) is 72.0 Å². The number of aromatic nitrogens is 2. The van der Waals surface area contributed by atoms with Crippen molar-refractivity contribution in [3.05, 3.63) is 111 Å². The number of halogens is 4. The van der Waals surface area contributed by atoms with Crippen LogP contribution >= 0.6 is 35.0 Å². The summed E-state index contributed by atoms with van der Waals surface area (Å²) in [5.41, 5.74) is 3.41. The molecule has 1 heterocycles. The fourth-order valence-corrected chi connectivity index (χ4v) is 5.10. The van der Waals surface area contributed by atoms with Crippen LogP contribution in [-0.2, 0) is 17.8 Å². The summed E-state index contributed by atoms with van der Waals surface area (Å²) in [5.74, 6) is -0.250. The molecule has 1 N–H and O–H groups in total. The topological polar surface area (TPSA) is 38.1 Å². The zero-order valence-corrected chi connectivity index (χ0v) is 20.9. The van der Waals surface area contributed by atoms with Crippen molar-refractivity contribution in [2.75, 3.05) is 0 Å². The number of nitrogens with zero attached hydrogens (tertiary/aromatic N) is 2. The van der Waals surface area contributed by atoms with Gasteiger partial charge in [0.05, 0.1) is 28.5 Å². The van der Waals surface area contributed by atoms with Gasteiger partial charge in [0.25, 0.3) is 0 Å². The molecular formula is C26H22Cl2F2N2OS. The highest BCUT2D eigenvalue weighted by Crippen LogP contribution is 2.38. The molecule has 0 spiro atoms. The number of benzene rings is 3. The standard InChI is InChI=1S/C26H22Cl2F2N2OS/c1-26(2,18-4-10-22(27)23(28)12-18)24-13-31-25(32(24)21-8-6-19(29)7-9-21)34-15-16-3-5-20(30)11-17(16)14-33/h3-13,33H,14-15H2,1-2H3. The van der Waals surface area contributed by atoms with Gasteiger partial charge in [-0.2, -0.15) is 0 Å². The first-order valence-corrected chi connectivity index (χ1v) is 12.3. The zero-order valence-electron chi connectivity index (χ0n) is 18.5. The Morgan fingerprint density at radius 2 is 1.62 bits per heavy atom. The zero-order chi connectivity index (χ0) is 24.5. The van der Waals surface area contributed by atoms with Gasteiger partial charge in [-0.3, -0.25) is 4.57 Å². The van der Waals surface area contributed by atoms with Crippen molar-refractivity contribution in [2.45, 2.75) is 36.8 Å². The van der Waals surface area contributed by atoms with E-state index in [1.54, 1.807) is 30.5 Å². The Kier molecular flexibility index (Phi) is 7.33. The smallest absolute Gasteiger partial charge is 0.173 e. The molecule has 0 saturated heterocycles. The Labute approximate surface area is 211 Å². The number of aliphatic hydroxyl groups is 1. The molecule has 0 aliphatic rings. The van der Waals surface area contributed by atoms with E-state index >= 15 is 0 Å². The third kappa shape index (κ3) is 5.01. The molecule has 0 atom stereocenters. The predicted octanol–water partition coefficient (Wildman–Crippen LogP) is 7.57. The molecule has 176 valence electrons. The fourth-order valence-electron chi connectivity index (χ4n) is 3.77. The molecule has 3 nitrogen and oxygen atoms in total. The Bertz CT molecular complexity index is 1320. The molecule has 1 aromatic heterocycles. The first kappa shape index (κ1) is 24.7. The van der Waals surface area contributed by atoms with Gasteiger partial charge in [-0.05, 0) is 65.2 Å². The van der Waals surface area contributed by atoms with Crippen LogP contribution in [0.4, 0.5) is 8.78 Å². The Balaban J connectivity index is 1.77. The number of aliphatic hydroxyl groups excluding tert-OH is 1.